The van der Waals surface area contributed by atoms with Crippen molar-refractivity contribution in [3.63, 3.8) is 0 Å². The van der Waals surface area contributed by atoms with E-state index >= 15 is 0 Å². The number of rotatable bonds is 6. The summed E-state index contributed by atoms with van der Waals surface area (Å²) >= 11 is 3.32. The lowest BCUT2D eigenvalue weighted by Crippen LogP contribution is -2.06. The zero-order valence-corrected chi connectivity index (χ0v) is 11.0. The van der Waals surface area contributed by atoms with E-state index in [1.807, 2.05) is 0 Å². The van der Waals surface area contributed by atoms with E-state index < -0.39 is 0 Å². The first-order valence-electron chi connectivity index (χ1n) is 5.60. The fourth-order valence-corrected chi connectivity index (χ4v) is 1.93. The van der Waals surface area contributed by atoms with Gasteiger partial charge < -0.3 is 10.1 Å². The minimum atomic E-state index is 0.569. The molecule has 0 radical (unpaired) electrons. The maximum absolute atomic E-state index is 5.10. The molecule has 16 heavy (non-hydrogen) atoms. The van der Waals surface area contributed by atoms with Crippen LogP contribution in [0.1, 0.15) is 25.7 Å². The zero-order valence-electron chi connectivity index (χ0n) is 9.37. The van der Waals surface area contributed by atoms with E-state index in [0.717, 1.165) is 16.9 Å². The molecule has 1 aliphatic rings. The van der Waals surface area contributed by atoms with Gasteiger partial charge in [0.05, 0.1) is 17.8 Å². The smallest absolute Gasteiger partial charge is 0.232 e. The van der Waals surface area contributed by atoms with Crippen LogP contribution in [-0.2, 0) is 0 Å². The Kier molecular flexibility index (Phi) is 3.98. The maximum atomic E-state index is 5.10. The van der Waals surface area contributed by atoms with Crippen molar-refractivity contribution < 1.29 is 4.74 Å². The summed E-state index contributed by atoms with van der Waals surface area (Å²) in [6.45, 7) is 0.932. The third kappa shape index (κ3) is 3.33. The van der Waals surface area contributed by atoms with Gasteiger partial charge in [0.2, 0.25) is 11.8 Å². The maximum Gasteiger partial charge on any atom is 0.232 e. The standard InChI is InChI=1S/C11H16BrN3O/c1-16-10-9(12)7-14-11(15-10)13-6-2-3-8-4-5-8/h7-8H,2-6H2,1H3,(H,13,14,15). The normalized spacial score (nSPS) is 14.9. The van der Waals surface area contributed by atoms with Crippen LogP contribution in [0.5, 0.6) is 5.88 Å². The summed E-state index contributed by atoms with van der Waals surface area (Å²) in [5, 5.41) is 3.21. The van der Waals surface area contributed by atoms with Crippen LogP contribution >= 0.6 is 15.9 Å². The van der Waals surface area contributed by atoms with Gasteiger partial charge in [0.15, 0.2) is 0 Å². The van der Waals surface area contributed by atoms with Crippen LogP contribution in [0.25, 0.3) is 0 Å². The largest absolute Gasteiger partial charge is 0.480 e. The molecule has 1 heterocycles. The number of halogens is 1. The summed E-state index contributed by atoms with van der Waals surface area (Å²) < 4.78 is 5.88. The average molecular weight is 286 g/mol. The van der Waals surface area contributed by atoms with E-state index in [-0.39, 0.29) is 0 Å². The lowest BCUT2D eigenvalue weighted by atomic mass is 10.2. The fraction of sp³-hybridized carbons (Fsp3) is 0.636. The number of methoxy groups -OCH3 is 1. The minimum absolute atomic E-state index is 0.569. The van der Waals surface area contributed by atoms with Crippen molar-refractivity contribution in [3.05, 3.63) is 10.7 Å². The molecule has 0 bridgehead atoms. The molecule has 1 saturated carbocycles. The van der Waals surface area contributed by atoms with Crippen LogP contribution in [-0.4, -0.2) is 23.6 Å². The van der Waals surface area contributed by atoms with Crippen molar-refractivity contribution in [1.29, 1.82) is 0 Å². The molecule has 1 N–H and O–H groups in total. The number of hydrogen-bond acceptors (Lipinski definition) is 4. The molecule has 1 aromatic heterocycles. The Bertz CT molecular complexity index is 355. The molecule has 2 rings (SSSR count). The molecule has 88 valence electrons. The van der Waals surface area contributed by atoms with E-state index in [1.54, 1.807) is 13.3 Å². The summed E-state index contributed by atoms with van der Waals surface area (Å²) in [6.07, 6.45) is 7.05. The van der Waals surface area contributed by atoms with E-state index in [1.165, 1.54) is 25.7 Å². The Balaban J connectivity index is 1.78. The summed E-state index contributed by atoms with van der Waals surface area (Å²) in [5.41, 5.74) is 0. The highest BCUT2D eigenvalue weighted by molar-refractivity contribution is 9.10. The first-order chi connectivity index (χ1) is 7.79. The van der Waals surface area contributed by atoms with Gasteiger partial charge in [0, 0.05) is 6.54 Å². The topological polar surface area (TPSA) is 47.0 Å². The lowest BCUT2D eigenvalue weighted by Gasteiger charge is -2.06. The molecule has 1 aliphatic carbocycles. The summed E-state index contributed by atoms with van der Waals surface area (Å²) in [4.78, 5) is 8.40. The van der Waals surface area contributed by atoms with Crippen LogP contribution in [0.2, 0.25) is 0 Å². The number of ether oxygens (including phenoxy) is 1. The molecule has 1 aromatic rings. The molecular formula is C11H16BrN3O. The first kappa shape index (κ1) is 11.6. The number of anilines is 1. The highest BCUT2D eigenvalue weighted by Gasteiger charge is 2.19. The molecular weight excluding hydrogens is 270 g/mol. The van der Waals surface area contributed by atoms with E-state index in [9.17, 15) is 0 Å². The van der Waals surface area contributed by atoms with E-state index in [0.29, 0.717) is 11.8 Å². The second kappa shape index (κ2) is 5.48. The number of hydrogen-bond donors (Lipinski definition) is 1. The van der Waals surface area contributed by atoms with Crippen LogP contribution in [0.15, 0.2) is 10.7 Å². The zero-order chi connectivity index (χ0) is 11.4. The number of nitrogens with one attached hydrogen (secondary N) is 1. The monoisotopic (exact) mass is 285 g/mol. The lowest BCUT2D eigenvalue weighted by molar-refractivity contribution is 0.394. The van der Waals surface area contributed by atoms with Gasteiger partial charge in [-0.1, -0.05) is 12.8 Å². The highest BCUT2D eigenvalue weighted by Crippen LogP contribution is 2.33. The highest BCUT2D eigenvalue weighted by atomic mass is 79.9. The van der Waals surface area contributed by atoms with E-state index in [2.05, 4.69) is 31.2 Å². The van der Waals surface area contributed by atoms with E-state index in [4.69, 9.17) is 4.74 Å². The van der Waals surface area contributed by atoms with Gasteiger partial charge in [-0.15, -0.1) is 0 Å². The summed E-state index contributed by atoms with van der Waals surface area (Å²) in [7, 11) is 1.60. The van der Waals surface area contributed by atoms with Crippen LogP contribution in [0.4, 0.5) is 5.95 Å². The number of aromatic nitrogens is 2. The Hall–Kier alpha value is -0.840. The molecule has 1 fully saturated rings. The van der Waals surface area contributed by atoms with Crippen LogP contribution in [0.3, 0.4) is 0 Å². The Morgan fingerprint density at radius 3 is 3.06 bits per heavy atom. The molecule has 0 atom stereocenters. The van der Waals surface area contributed by atoms with Crippen molar-refractivity contribution in [2.24, 2.45) is 5.92 Å². The van der Waals surface area contributed by atoms with Gasteiger partial charge in [0.1, 0.15) is 0 Å². The molecule has 5 heteroatoms. The SMILES string of the molecule is COc1nc(NCCCC2CC2)ncc1Br. The Labute approximate surface area is 104 Å². The third-order valence-electron chi connectivity index (χ3n) is 2.67. The fourth-order valence-electron chi connectivity index (χ4n) is 1.58. The Morgan fingerprint density at radius 2 is 2.38 bits per heavy atom. The van der Waals surface area contributed by atoms with Crippen molar-refractivity contribution in [1.82, 2.24) is 9.97 Å². The number of nitrogens with zero attached hydrogens (tertiary/aromatic N) is 2. The van der Waals surface area contributed by atoms with Gasteiger partial charge in [-0.05, 0) is 34.7 Å². The molecule has 0 saturated heterocycles. The summed E-state index contributed by atoms with van der Waals surface area (Å²) in [5.74, 6) is 2.19. The molecule has 4 nitrogen and oxygen atoms in total. The van der Waals surface area contributed by atoms with Gasteiger partial charge in [0.25, 0.3) is 0 Å². The first-order valence-corrected chi connectivity index (χ1v) is 6.39. The quantitative estimate of drug-likeness (QED) is 0.817. The van der Waals surface area contributed by atoms with Crippen molar-refractivity contribution >= 4 is 21.9 Å². The molecule has 0 spiro atoms. The summed E-state index contributed by atoms with van der Waals surface area (Å²) in [6, 6.07) is 0. The second-order valence-electron chi connectivity index (χ2n) is 4.06. The van der Waals surface area contributed by atoms with Crippen molar-refractivity contribution in [2.75, 3.05) is 19.0 Å². The van der Waals surface area contributed by atoms with Crippen LogP contribution in [0, 0.1) is 5.92 Å². The predicted molar refractivity (Wildman–Crippen MR) is 66.7 cm³/mol. The average Bonchev–Trinajstić information content (AvgIpc) is 3.10. The predicted octanol–water partition coefficient (Wildman–Crippen LogP) is 2.85. The van der Waals surface area contributed by atoms with Crippen LogP contribution < -0.4 is 10.1 Å². The molecule has 0 aliphatic heterocycles. The van der Waals surface area contributed by atoms with Gasteiger partial charge in [-0.2, -0.15) is 4.98 Å². The molecule has 0 unspecified atom stereocenters. The third-order valence-corrected chi connectivity index (χ3v) is 3.22. The van der Waals surface area contributed by atoms with Crippen molar-refractivity contribution in [2.45, 2.75) is 25.7 Å². The van der Waals surface area contributed by atoms with Gasteiger partial charge in [-0.3, -0.25) is 0 Å². The molecule has 0 amide bonds. The van der Waals surface area contributed by atoms with Gasteiger partial charge >= 0.3 is 0 Å². The van der Waals surface area contributed by atoms with Gasteiger partial charge in [-0.25, -0.2) is 4.98 Å². The second-order valence-corrected chi connectivity index (χ2v) is 4.92. The Morgan fingerprint density at radius 1 is 1.56 bits per heavy atom. The van der Waals surface area contributed by atoms with Crippen molar-refractivity contribution in [3.8, 4) is 5.88 Å². The molecule has 0 aromatic carbocycles. The minimum Gasteiger partial charge on any atom is -0.480 e.